The minimum absolute atomic E-state index is 0. The summed E-state index contributed by atoms with van der Waals surface area (Å²) >= 11 is 0. The van der Waals surface area contributed by atoms with Crippen molar-refractivity contribution in [3.05, 3.63) is 123 Å². The fourth-order valence-corrected chi connectivity index (χ4v) is 5.44. The maximum atomic E-state index is 10.7. The Morgan fingerprint density at radius 3 is 0.511 bits per heavy atom. The summed E-state index contributed by atoms with van der Waals surface area (Å²) in [5, 5.41) is 56.4. The molecule has 0 unspecified atom stereocenters. The Bertz CT molecular complexity index is 3870. The zero-order valence-corrected chi connectivity index (χ0v) is 56.4. The number of rotatable bonds is 6. The molecule has 31 nitrogen and oxygen atoms in total. The second-order valence-electron chi connectivity index (χ2n) is 18.0. The molecule has 0 atom stereocenters. The SMILES string of the molecule is CC#N.Cc1nnc(-c2cccc(-c3nnc(C)c(C)n3)n2)nc1C.Cc1nnc(-c2cccc(-c3nnc(C)c(C)n3)n2)nc1C.Cc1nnc(-c2cccc(-c3nnc(C)c(C)n3)n2)nc1C.O=S(=O)([O-])C(F)(F)F.O=S(=O)([O-])C(F)(F)F.O=S(=O)([O-])C(F)(F)F.[Ce+3]. The first-order chi connectivity index (χ1) is 42.8. The molecule has 0 bridgehead atoms. The summed E-state index contributed by atoms with van der Waals surface area (Å²) in [5.41, 5.74) is -3.28. The van der Waals surface area contributed by atoms with Gasteiger partial charge in [0.1, 0.15) is 34.2 Å². The predicted octanol–water partition coefficient (Wildman–Crippen LogP) is 6.74. The predicted molar refractivity (Wildman–Crippen MR) is 301 cm³/mol. The van der Waals surface area contributed by atoms with Crippen LogP contribution in [0.5, 0.6) is 0 Å². The molecule has 9 rings (SSSR count). The fourth-order valence-electron chi connectivity index (χ4n) is 5.44. The molecule has 0 aliphatic rings. The summed E-state index contributed by atoms with van der Waals surface area (Å²) in [6.07, 6.45) is 0. The van der Waals surface area contributed by atoms with Crippen LogP contribution >= 0.6 is 0 Å². The quantitative estimate of drug-likeness (QED) is 0.0944. The van der Waals surface area contributed by atoms with E-state index in [2.05, 4.69) is 106 Å². The Morgan fingerprint density at radius 2 is 0.415 bits per heavy atom. The van der Waals surface area contributed by atoms with Crippen molar-refractivity contribution in [1.29, 1.82) is 5.26 Å². The van der Waals surface area contributed by atoms with Crippen molar-refractivity contribution in [2.45, 2.75) is 107 Å². The summed E-state index contributed by atoms with van der Waals surface area (Å²) < 4.78 is 177. The van der Waals surface area contributed by atoms with Gasteiger partial charge in [-0.2, -0.15) is 75.4 Å². The van der Waals surface area contributed by atoms with Gasteiger partial charge in [0.05, 0.1) is 74.4 Å². The maximum Gasteiger partial charge on any atom is 3.00 e. The third-order valence-corrected chi connectivity index (χ3v) is 12.7. The smallest absolute Gasteiger partial charge is 0.741 e. The van der Waals surface area contributed by atoms with Gasteiger partial charge in [0.25, 0.3) is 0 Å². The van der Waals surface area contributed by atoms with Crippen LogP contribution in [0, 0.1) is 136 Å². The van der Waals surface area contributed by atoms with Gasteiger partial charge in [0, 0.05) is 6.92 Å². The molecular weight excluding hydrogens is 1460 g/mol. The molecule has 9 aromatic heterocycles. The van der Waals surface area contributed by atoms with Gasteiger partial charge in [-0.15, -0.1) is 30.6 Å². The van der Waals surface area contributed by atoms with E-state index < -0.39 is 46.9 Å². The molecule has 0 aliphatic carbocycles. The third-order valence-electron chi connectivity index (χ3n) is 11.0. The van der Waals surface area contributed by atoms with Crippen molar-refractivity contribution in [2.24, 2.45) is 0 Å². The van der Waals surface area contributed by atoms with Gasteiger partial charge < -0.3 is 13.7 Å². The maximum absolute atomic E-state index is 10.7. The standard InChI is InChI=1S/3C15H15N7.C2H3N.3CHF3O3S.Ce/c3*1-8-10(3)19-21-14(16-8)12-6-5-7-13(18-12)15-17-9(2)11(4)20-22-15;1-2-3;3*2-1(3,4)8(5,6)7;/h3*5-7H,1-4H3;1H3;3*(H,5,6,7);/q;;;;;;;+3/p-3. The Balaban J connectivity index is 0.000000401. The monoisotopic (exact) mass is 1510 g/mol. The summed E-state index contributed by atoms with van der Waals surface area (Å²) in [6, 6.07) is 18.4. The second-order valence-corrected chi connectivity index (χ2v) is 22.1. The molecule has 0 aliphatic heterocycles. The zero-order valence-electron chi connectivity index (χ0n) is 50.8. The summed E-state index contributed by atoms with van der Waals surface area (Å²) in [4.78, 5) is 40.1. The number of hydrogen-bond acceptors (Lipinski definition) is 31. The number of aryl methyl sites for hydroxylation is 12. The van der Waals surface area contributed by atoms with Crippen molar-refractivity contribution < 1.29 is 120 Å². The van der Waals surface area contributed by atoms with E-state index in [1.165, 1.54) is 6.92 Å². The van der Waals surface area contributed by atoms with E-state index >= 15 is 0 Å². The molecule has 497 valence electrons. The van der Waals surface area contributed by atoms with E-state index in [4.69, 9.17) is 44.2 Å². The average Bonchev–Trinajstić information content (AvgIpc) is 0.833. The van der Waals surface area contributed by atoms with E-state index in [0.29, 0.717) is 69.1 Å². The van der Waals surface area contributed by atoms with Crippen molar-refractivity contribution in [3.63, 3.8) is 0 Å². The van der Waals surface area contributed by atoms with Gasteiger partial charge in [0.2, 0.25) is 34.9 Å². The first-order valence-corrected chi connectivity index (χ1v) is 29.4. The molecule has 0 saturated carbocycles. The van der Waals surface area contributed by atoms with E-state index in [9.17, 15) is 39.5 Å². The molecule has 0 spiro atoms. The molecule has 0 aromatic carbocycles. The Morgan fingerprint density at radius 1 is 0.298 bits per heavy atom. The van der Waals surface area contributed by atoms with E-state index in [1.807, 2.05) is 138 Å². The molecule has 9 aromatic rings. The number of pyridine rings is 3. The van der Waals surface area contributed by atoms with Crippen molar-refractivity contribution in [1.82, 2.24) is 106 Å². The van der Waals surface area contributed by atoms with E-state index in [0.717, 1.165) is 68.3 Å². The van der Waals surface area contributed by atoms with Crippen LogP contribution in [-0.2, 0) is 30.4 Å². The van der Waals surface area contributed by atoms with Gasteiger partial charge in [-0.3, -0.25) is 0 Å². The minimum Gasteiger partial charge on any atom is -0.741 e. The molecular formula is C50H48CeF9N22O9S3. The van der Waals surface area contributed by atoms with Crippen LogP contribution in [0.4, 0.5) is 39.5 Å². The molecule has 9 heterocycles. The Kier molecular flexibility index (Phi) is 30.0. The fraction of sp³-hybridized carbons (Fsp3) is 0.320. The van der Waals surface area contributed by atoms with Crippen LogP contribution in [-0.4, -0.2) is 161 Å². The number of aromatic nitrogens is 21. The topological polar surface area (TPSA) is 466 Å². The summed E-state index contributed by atoms with van der Waals surface area (Å²) in [6.45, 7) is 24.0. The summed E-state index contributed by atoms with van der Waals surface area (Å²) in [7, 11) is -18.3. The first kappa shape index (κ1) is 81.6. The molecule has 0 N–H and O–H groups in total. The molecule has 44 heteroatoms. The van der Waals surface area contributed by atoms with Crippen LogP contribution in [0.3, 0.4) is 0 Å². The normalized spacial score (nSPS) is 11.2. The van der Waals surface area contributed by atoms with Gasteiger partial charge >= 0.3 is 58.3 Å². The molecule has 0 fully saturated rings. The van der Waals surface area contributed by atoms with Gasteiger partial charge in [-0.05, 0) is 119 Å². The zero-order chi connectivity index (χ0) is 70.8. The number of halogens is 9. The van der Waals surface area contributed by atoms with E-state index in [1.54, 1.807) is 6.07 Å². The third kappa shape index (κ3) is 25.1. The van der Waals surface area contributed by atoms with Crippen molar-refractivity contribution >= 4 is 30.4 Å². The van der Waals surface area contributed by atoms with E-state index in [-0.39, 0.29) is 41.7 Å². The van der Waals surface area contributed by atoms with Gasteiger partial charge in [-0.1, -0.05) is 18.2 Å². The second kappa shape index (κ2) is 34.6. The van der Waals surface area contributed by atoms with Crippen molar-refractivity contribution in [2.75, 3.05) is 0 Å². The van der Waals surface area contributed by atoms with Crippen molar-refractivity contribution in [3.8, 4) is 75.2 Å². The van der Waals surface area contributed by atoms with Crippen LogP contribution in [0.15, 0.2) is 54.6 Å². The van der Waals surface area contributed by atoms with Crippen LogP contribution in [0.2, 0.25) is 0 Å². The molecule has 0 amide bonds. The molecule has 1 radical (unpaired) electrons. The van der Waals surface area contributed by atoms with Crippen LogP contribution in [0.1, 0.15) is 75.3 Å². The van der Waals surface area contributed by atoms with Gasteiger partial charge in [0.15, 0.2) is 30.4 Å². The molecule has 0 saturated heterocycles. The molecule has 94 heavy (non-hydrogen) atoms. The first-order valence-electron chi connectivity index (χ1n) is 25.2. The average molecular weight is 1510 g/mol. The number of nitrogens with zero attached hydrogens (tertiary/aromatic N) is 22. The number of alkyl halides is 9. The van der Waals surface area contributed by atoms with Crippen LogP contribution in [0.25, 0.3) is 69.1 Å². The number of hydrogen-bond donors (Lipinski definition) is 0. The Labute approximate surface area is 562 Å². The summed E-state index contributed by atoms with van der Waals surface area (Å²) in [5.74, 6) is 2.93. The minimum atomic E-state index is -6.09. The van der Waals surface area contributed by atoms with Gasteiger partial charge in [-0.25, -0.2) is 70.1 Å². The largest absolute Gasteiger partial charge is 3.00 e. The Hall–Kier alpha value is -8.52. The van der Waals surface area contributed by atoms with Crippen LogP contribution < -0.4 is 0 Å². The number of nitriles is 1.